The fourth-order valence-electron chi connectivity index (χ4n) is 2.22. The van der Waals surface area contributed by atoms with Gasteiger partial charge in [0, 0.05) is 24.8 Å². The molecule has 0 amide bonds. The number of fused-ring (bicyclic) bond motifs is 1. The van der Waals surface area contributed by atoms with Gasteiger partial charge in [0.25, 0.3) is 0 Å². The third kappa shape index (κ3) is 2.47. The summed E-state index contributed by atoms with van der Waals surface area (Å²) >= 11 is 0. The molecule has 21 heavy (non-hydrogen) atoms. The lowest BCUT2D eigenvalue weighted by Gasteiger charge is -2.11. The minimum atomic E-state index is 0.673. The van der Waals surface area contributed by atoms with E-state index in [1.165, 1.54) is 0 Å². The van der Waals surface area contributed by atoms with E-state index in [1.54, 1.807) is 31.3 Å². The van der Waals surface area contributed by atoms with E-state index in [9.17, 15) is 0 Å². The van der Waals surface area contributed by atoms with E-state index in [0.29, 0.717) is 11.5 Å². The van der Waals surface area contributed by atoms with Crippen LogP contribution in [0.4, 0.5) is 11.5 Å². The van der Waals surface area contributed by atoms with Crippen molar-refractivity contribution in [3.05, 3.63) is 36.8 Å². The Labute approximate surface area is 122 Å². The zero-order valence-corrected chi connectivity index (χ0v) is 12.1. The molecule has 0 saturated heterocycles. The highest BCUT2D eigenvalue weighted by Crippen LogP contribution is 2.35. The lowest BCUT2D eigenvalue weighted by Crippen LogP contribution is -1.96. The summed E-state index contributed by atoms with van der Waals surface area (Å²) in [5, 5.41) is 9.38. The number of hydrogen-bond acceptors (Lipinski definition) is 5. The first-order valence-corrected chi connectivity index (χ1v) is 6.47. The van der Waals surface area contributed by atoms with Crippen molar-refractivity contribution in [3.63, 3.8) is 0 Å². The molecular formula is C15H16N4O2. The monoisotopic (exact) mass is 284 g/mol. The highest BCUT2D eigenvalue weighted by molar-refractivity contribution is 5.95. The minimum Gasteiger partial charge on any atom is -0.493 e. The average Bonchev–Trinajstić information content (AvgIpc) is 2.91. The number of methoxy groups -OCH3 is 2. The summed E-state index contributed by atoms with van der Waals surface area (Å²) in [5.41, 5.74) is 0.882. The topological polar surface area (TPSA) is 61.2 Å². The van der Waals surface area contributed by atoms with Gasteiger partial charge >= 0.3 is 0 Å². The fourth-order valence-corrected chi connectivity index (χ4v) is 2.22. The third-order valence-electron chi connectivity index (χ3n) is 3.24. The third-order valence-corrected chi connectivity index (χ3v) is 3.24. The predicted octanol–water partition coefficient (Wildman–Crippen LogP) is 2.73. The Kier molecular flexibility index (Phi) is 3.35. The zero-order chi connectivity index (χ0) is 14.8. The van der Waals surface area contributed by atoms with Crippen LogP contribution in [0.25, 0.3) is 10.8 Å². The number of nitrogens with one attached hydrogen (secondary N) is 1. The van der Waals surface area contributed by atoms with Gasteiger partial charge < -0.3 is 14.8 Å². The molecule has 1 N–H and O–H groups in total. The number of ether oxygens (including phenoxy) is 2. The Balaban J connectivity index is 2.10. The molecule has 2 heterocycles. The predicted molar refractivity (Wildman–Crippen MR) is 81.3 cm³/mol. The van der Waals surface area contributed by atoms with Gasteiger partial charge in [0.2, 0.25) is 0 Å². The maximum Gasteiger partial charge on any atom is 0.161 e. The second-order valence-corrected chi connectivity index (χ2v) is 4.62. The molecule has 0 aliphatic carbocycles. The molecule has 2 aromatic heterocycles. The average molecular weight is 284 g/mol. The number of aryl methyl sites for hydroxylation is 1. The Morgan fingerprint density at radius 2 is 1.90 bits per heavy atom. The van der Waals surface area contributed by atoms with Crippen molar-refractivity contribution in [1.29, 1.82) is 0 Å². The van der Waals surface area contributed by atoms with Gasteiger partial charge in [0.05, 0.1) is 26.1 Å². The normalized spacial score (nSPS) is 10.6. The molecule has 0 aliphatic rings. The molecule has 3 rings (SSSR count). The molecule has 6 heteroatoms. The summed E-state index contributed by atoms with van der Waals surface area (Å²) < 4.78 is 12.4. The zero-order valence-electron chi connectivity index (χ0n) is 12.1. The van der Waals surface area contributed by atoms with Crippen LogP contribution >= 0.6 is 0 Å². The number of hydrogen-bond donors (Lipinski definition) is 1. The molecule has 3 aromatic rings. The van der Waals surface area contributed by atoms with Crippen molar-refractivity contribution >= 4 is 22.3 Å². The van der Waals surface area contributed by atoms with Crippen molar-refractivity contribution in [2.75, 3.05) is 19.5 Å². The van der Waals surface area contributed by atoms with Crippen molar-refractivity contribution in [3.8, 4) is 11.5 Å². The summed E-state index contributed by atoms with van der Waals surface area (Å²) in [6, 6.07) is 5.79. The fraction of sp³-hybridized carbons (Fsp3) is 0.200. The second-order valence-electron chi connectivity index (χ2n) is 4.62. The maximum absolute atomic E-state index is 5.36. The van der Waals surface area contributed by atoms with E-state index in [1.807, 2.05) is 31.4 Å². The molecule has 0 atom stereocenters. The number of aromatic nitrogens is 3. The van der Waals surface area contributed by atoms with E-state index in [0.717, 1.165) is 22.3 Å². The van der Waals surface area contributed by atoms with Gasteiger partial charge in [-0.25, -0.2) is 4.98 Å². The summed E-state index contributed by atoms with van der Waals surface area (Å²) in [6.07, 6.45) is 5.40. The van der Waals surface area contributed by atoms with Crippen LogP contribution in [0.1, 0.15) is 0 Å². The number of pyridine rings is 1. The Bertz CT molecular complexity index is 782. The molecule has 0 bridgehead atoms. The molecule has 0 saturated carbocycles. The number of benzene rings is 1. The summed E-state index contributed by atoms with van der Waals surface area (Å²) in [4.78, 5) is 4.40. The number of anilines is 2. The van der Waals surface area contributed by atoms with Gasteiger partial charge in [-0.2, -0.15) is 5.10 Å². The van der Waals surface area contributed by atoms with E-state index in [2.05, 4.69) is 15.4 Å². The van der Waals surface area contributed by atoms with E-state index < -0.39 is 0 Å². The molecule has 0 radical (unpaired) electrons. The molecule has 108 valence electrons. The highest BCUT2D eigenvalue weighted by Gasteiger charge is 2.10. The lowest BCUT2D eigenvalue weighted by molar-refractivity contribution is 0.356. The molecular weight excluding hydrogens is 268 g/mol. The van der Waals surface area contributed by atoms with Gasteiger partial charge in [-0.3, -0.25) is 4.68 Å². The van der Waals surface area contributed by atoms with Crippen LogP contribution < -0.4 is 14.8 Å². The highest BCUT2D eigenvalue weighted by atomic mass is 16.5. The van der Waals surface area contributed by atoms with Crippen LogP contribution in [0.2, 0.25) is 0 Å². The van der Waals surface area contributed by atoms with Crippen LogP contribution in [-0.2, 0) is 7.05 Å². The van der Waals surface area contributed by atoms with Gasteiger partial charge in [0.1, 0.15) is 5.82 Å². The summed E-state index contributed by atoms with van der Waals surface area (Å²) in [5.74, 6) is 2.12. The molecule has 1 aromatic carbocycles. The van der Waals surface area contributed by atoms with Crippen molar-refractivity contribution in [1.82, 2.24) is 14.8 Å². The van der Waals surface area contributed by atoms with Crippen LogP contribution in [-0.4, -0.2) is 29.0 Å². The standard InChI is InChI=1S/C15H16N4O2/c1-19-9-11(8-17-19)18-15-12-7-14(21-3)13(20-2)6-10(12)4-5-16-15/h4-9H,1-3H3,(H,16,18). The molecule has 6 nitrogen and oxygen atoms in total. The van der Waals surface area contributed by atoms with E-state index in [-0.39, 0.29) is 0 Å². The first-order chi connectivity index (χ1) is 10.2. The maximum atomic E-state index is 5.36. The Morgan fingerprint density at radius 3 is 2.57 bits per heavy atom. The van der Waals surface area contributed by atoms with Gasteiger partial charge in [-0.15, -0.1) is 0 Å². The van der Waals surface area contributed by atoms with Crippen LogP contribution in [0.15, 0.2) is 36.8 Å². The second kappa shape index (κ2) is 5.32. The van der Waals surface area contributed by atoms with E-state index >= 15 is 0 Å². The van der Waals surface area contributed by atoms with E-state index in [4.69, 9.17) is 9.47 Å². The molecule has 0 aliphatic heterocycles. The van der Waals surface area contributed by atoms with Gasteiger partial charge in [-0.05, 0) is 23.6 Å². The number of nitrogens with zero attached hydrogens (tertiary/aromatic N) is 3. The quantitative estimate of drug-likeness (QED) is 0.798. The Hall–Kier alpha value is -2.76. The van der Waals surface area contributed by atoms with Crippen molar-refractivity contribution < 1.29 is 9.47 Å². The SMILES string of the molecule is COc1cc2ccnc(Nc3cnn(C)c3)c2cc1OC. The molecule has 0 unspecified atom stereocenters. The van der Waals surface area contributed by atoms with Crippen molar-refractivity contribution in [2.24, 2.45) is 7.05 Å². The van der Waals surface area contributed by atoms with Gasteiger partial charge in [-0.1, -0.05) is 0 Å². The first-order valence-electron chi connectivity index (χ1n) is 6.47. The van der Waals surface area contributed by atoms with Crippen LogP contribution in [0.5, 0.6) is 11.5 Å². The molecule has 0 spiro atoms. The number of rotatable bonds is 4. The summed E-state index contributed by atoms with van der Waals surface area (Å²) in [7, 11) is 5.11. The largest absolute Gasteiger partial charge is 0.493 e. The van der Waals surface area contributed by atoms with Crippen molar-refractivity contribution in [2.45, 2.75) is 0 Å². The minimum absolute atomic E-state index is 0.673. The lowest BCUT2D eigenvalue weighted by atomic mass is 10.1. The molecule has 0 fully saturated rings. The Morgan fingerprint density at radius 1 is 1.14 bits per heavy atom. The van der Waals surface area contributed by atoms with Gasteiger partial charge in [0.15, 0.2) is 11.5 Å². The smallest absolute Gasteiger partial charge is 0.161 e. The van der Waals surface area contributed by atoms with Crippen LogP contribution in [0.3, 0.4) is 0 Å². The summed E-state index contributed by atoms with van der Waals surface area (Å²) in [6.45, 7) is 0. The van der Waals surface area contributed by atoms with Crippen LogP contribution in [0, 0.1) is 0 Å². The first kappa shape index (κ1) is 13.2.